The number of hydrogen-bond donors (Lipinski definition) is 0. The number of benzene rings is 2. The molecule has 0 unspecified atom stereocenters. The van der Waals surface area contributed by atoms with Gasteiger partial charge in [-0.2, -0.15) is 5.26 Å². The smallest absolute Gasteiger partial charge is 0.118 e. The first-order chi connectivity index (χ1) is 11.7. The van der Waals surface area contributed by atoms with Crippen LogP contribution in [0.25, 0.3) is 28.5 Å². The summed E-state index contributed by atoms with van der Waals surface area (Å²) < 4.78 is 5.22. The lowest BCUT2D eigenvalue weighted by atomic mass is 9.98. The second-order valence-corrected chi connectivity index (χ2v) is 5.25. The zero-order valence-electron chi connectivity index (χ0n) is 13.4. The van der Waals surface area contributed by atoms with E-state index in [4.69, 9.17) is 15.0 Å². The number of ether oxygens (including phenoxy) is 1. The average Bonchev–Trinajstić information content (AvgIpc) is 2.67. The molecule has 0 radical (unpaired) electrons. The molecule has 24 heavy (non-hydrogen) atoms. The van der Waals surface area contributed by atoms with Gasteiger partial charge in [-0.15, -0.1) is 0 Å². The molecule has 0 saturated carbocycles. The van der Waals surface area contributed by atoms with E-state index in [2.05, 4.69) is 12.6 Å². The van der Waals surface area contributed by atoms with Crippen molar-refractivity contribution < 1.29 is 4.74 Å². The molecule has 3 nitrogen and oxygen atoms in total. The summed E-state index contributed by atoms with van der Waals surface area (Å²) >= 11 is 0. The van der Waals surface area contributed by atoms with Crippen LogP contribution in [0.1, 0.15) is 11.3 Å². The van der Waals surface area contributed by atoms with Crippen LogP contribution in [-0.2, 0) is 0 Å². The summed E-state index contributed by atoms with van der Waals surface area (Å²) in [6, 6.07) is 21.4. The van der Waals surface area contributed by atoms with E-state index >= 15 is 0 Å². The average molecular weight is 312 g/mol. The van der Waals surface area contributed by atoms with Gasteiger partial charge in [-0.05, 0) is 54.1 Å². The summed E-state index contributed by atoms with van der Waals surface area (Å²) in [5, 5.41) is 8.96. The molecule has 1 aromatic heterocycles. The maximum Gasteiger partial charge on any atom is 0.118 e. The van der Waals surface area contributed by atoms with Crippen LogP contribution in [0.5, 0.6) is 5.75 Å². The normalized spacial score (nSPS) is 10.0. The van der Waals surface area contributed by atoms with Crippen molar-refractivity contribution >= 4 is 6.08 Å². The van der Waals surface area contributed by atoms with E-state index < -0.39 is 0 Å². The third-order valence-electron chi connectivity index (χ3n) is 3.81. The molecule has 3 heteroatoms. The molecule has 0 bridgehead atoms. The lowest BCUT2D eigenvalue weighted by Gasteiger charge is -2.11. The molecule has 0 saturated heterocycles. The van der Waals surface area contributed by atoms with Crippen molar-refractivity contribution in [2.24, 2.45) is 0 Å². The fourth-order valence-corrected chi connectivity index (χ4v) is 2.51. The Kier molecular flexibility index (Phi) is 4.40. The van der Waals surface area contributed by atoms with Gasteiger partial charge >= 0.3 is 0 Å². The van der Waals surface area contributed by atoms with Gasteiger partial charge in [-0.25, -0.2) is 4.98 Å². The van der Waals surface area contributed by atoms with Gasteiger partial charge in [0.2, 0.25) is 0 Å². The molecule has 3 aromatic rings. The summed E-state index contributed by atoms with van der Waals surface area (Å²) in [7, 11) is 1.65. The highest BCUT2D eigenvalue weighted by Gasteiger charge is 2.10. The van der Waals surface area contributed by atoms with Crippen LogP contribution >= 0.6 is 0 Å². The first kappa shape index (κ1) is 15.5. The molecule has 2 aromatic carbocycles. The topological polar surface area (TPSA) is 45.9 Å². The van der Waals surface area contributed by atoms with E-state index in [9.17, 15) is 0 Å². The number of nitrogens with zero attached hydrogens (tertiary/aromatic N) is 2. The maximum atomic E-state index is 8.96. The molecule has 0 N–H and O–H groups in total. The summed E-state index contributed by atoms with van der Waals surface area (Å²) in [6.07, 6.45) is 1.73. The standard InChI is InChI=1S/C21H16N2O/c1-3-18-10-13-20(16-6-4-15(14-22)5-7-16)21(23-18)17-8-11-19(24-2)12-9-17/h3-13H,1H2,2H3. The second kappa shape index (κ2) is 6.80. The molecule has 0 aliphatic heterocycles. The molecule has 0 aliphatic rings. The van der Waals surface area contributed by atoms with Crippen LogP contribution in [0.3, 0.4) is 0 Å². The van der Waals surface area contributed by atoms with Gasteiger partial charge < -0.3 is 4.74 Å². The highest BCUT2D eigenvalue weighted by Crippen LogP contribution is 2.32. The molecule has 3 rings (SSSR count). The van der Waals surface area contributed by atoms with Crippen molar-refractivity contribution in [3.8, 4) is 34.2 Å². The van der Waals surface area contributed by atoms with Crippen molar-refractivity contribution in [2.75, 3.05) is 7.11 Å². The highest BCUT2D eigenvalue weighted by atomic mass is 16.5. The van der Waals surface area contributed by atoms with Crippen molar-refractivity contribution in [3.05, 3.63) is 78.5 Å². The van der Waals surface area contributed by atoms with Crippen LogP contribution in [0.2, 0.25) is 0 Å². The lowest BCUT2D eigenvalue weighted by Crippen LogP contribution is -1.92. The monoisotopic (exact) mass is 312 g/mol. The van der Waals surface area contributed by atoms with Gasteiger partial charge in [0.1, 0.15) is 5.75 Å². The van der Waals surface area contributed by atoms with Crippen LogP contribution in [-0.4, -0.2) is 12.1 Å². The Morgan fingerprint density at radius 1 is 0.958 bits per heavy atom. The van der Waals surface area contributed by atoms with Crippen LogP contribution in [0.15, 0.2) is 67.2 Å². The quantitative estimate of drug-likeness (QED) is 0.685. The summed E-state index contributed by atoms with van der Waals surface area (Å²) in [4.78, 5) is 4.71. The van der Waals surface area contributed by atoms with Crippen LogP contribution in [0, 0.1) is 11.3 Å². The third kappa shape index (κ3) is 3.04. The summed E-state index contributed by atoms with van der Waals surface area (Å²) in [5.74, 6) is 0.804. The molecule has 0 aliphatic carbocycles. The van der Waals surface area contributed by atoms with Gasteiger partial charge in [0.15, 0.2) is 0 Å². The van der Waals surface area contributed by atoms with E-state index in [1.165, 1.54) is 0 Å². The van der Waals surface area contributed by atoms with E-state index in [1.807, 2.05) is 60.7 Å². The molecule has 0 amide bonds. The minimum atomic E-state index is 0.639. The van der Waals surface area contributed by atoms with E-state index in [-0.39, 0.29) is 0 Å². The molecule has 1 heterocycles. The lowest BCUT2D eigenvalue weighted by molar-refractivity contribution is 0.415. The molecule has 0 atom stereocenters. The Labute approximate surface area is 141 Å². The third-order valence-corrected chi connectivity index (χ3v) is 3.81. The minimum absolute atomic E-state index is 0.639. The first-order valence-corrected chi connectivity index (χ1v) is 7.53. The minimum Gasteiger partial charge on any atom is -0.497 e. The SMILES string of the molecule is C=Cc1ccc(-c2ccc(C#N)cc2)c(-c2ccc(OC)cc2)n1. The van der Waals surface area contributed by atoms with Crippen LogP contribution < -0.4 is 4.74 Å². The predicted octanol–water partition coefficient (Wildman–Crippen LogP) is 4.94. The van der Waals surface area contributed by atoms with Gasteiger partial charge in [0.25, 0.3) is 0 Å². The number of pyridine rings is 1. The Hall–Kier alpha value is -3.38. The number of methoxy groups -OCH3 is 1. The number of rotatable bonds is 4. The summed E-state index contributed by atoms with van der Waals surface area (Å²) in [5.41, 5.74) is 5.36. The van der Waals surface area contributed by atoms with Gasteiger partial charge in [0.05, 0.1) is 30.1 Å². The molecule has 0 fully saturated rings. The van der Waals surface area contributed by atoms with E-state index in [1.54, 1.807) is 13.2 Å². The van der Waals surface area contributed by atoms with Crippen molar-refractivity contribution in [2.45, 2.75) is 0 Å². The Morgan fingerprint density at radius 3 is 2.21 bits per heavy atom. The zero-order chi connectivity index (χ0) is 16.9. The molecular formula is C21H16N2O. The molecule has 116 valence electrons. The second-order valence-electron chi connectivity index (χ2n) is 5.25. The summed E-state index contributed by atoms with van der Waals surface area (Å²) in [6.45, 7) is 3.80. The fourth-order valence-electron chi connectivity index (χ4n) is 2.51. The van der Waals surface area contributed by atoms with Crippen molar-refractivity contribution in [1.29, 1.82) is 5.26 Å². The van der Waals surface area contributed by atoms with Crippen molar-refractivity contribution in [1.82, 2.24) is 4.98 Å². The van der Waals surface area contributed by atoms with Gasteiger partial charge in [-0.1, -0.05) is 24.8 Å². The highest BCUT2D eigenvalue weighted by molar-refractivity contribution is 5.81. The molecular weight excluding hydrogens is 296 g/mol. The Morgan fingerprint density at radius 2 is 1.62 bits per heavy atom. The van der Waals surface area contributed by atoms with Crippen LogP contribution in [0.4, 0.5) is 0 Å². The van der Waals surface area contributed by atoms with Gasteiger partial charge in [0, 0.05) is 11.1 Å². The van der Waals surface area contributed by atoms with Crippen molar-refractivity contribution in [3.63, 3.8) is 0 Å². The Bertz CT molecular complexity index is 904. The number of hydrogen-bond acceptors (Lipinski definition) is 3. The predicted molar refractivity (Wildman–Crippen MR) is 96.5 cm³/mol. The molecule has 0 spiro atoms. The largest absolute Gasteiger partial charge is 0.497 e. The number of aromatic nitrogens is 1. The number of nitriles is 1. The van der Waals surface area contributed by atoms with Gasteiger partial charge in [-0.3, -0.25) is 0 Å². The Balaban J connectivity index is 2.14. The fraction of sp³-hybridized carbons (Fsp3) is 0.0476. The van der Waals surface area contributed by atoms with E-state index in [0.29, 0.717) is 5.56 Å². The first-order valence-electron chi connectivity index (χ1n) is 7.53. The van der Waals surface area contributed by atoms with E-state index in [0.717, 1.165) is 33.8 Å². The zero-order valence-corrected chi connectivity index (χ0v) is 13.4. The maximum absolute atomic E-state index is 8.96.